The highest BCUT2D eigenvalue weighted by Gasteiger charge is 2.31. The second kappa shape index (κ2) is 13.6. The summed E-state index contributed by atoms with van der Waals surface area (Å²) >= 11 is 0. The van der Waals surface area contributed by atoms with E-state index in [2.05, 4.69) is 176 Å². The molecule has 4 nitrogen and oxygen atoms in total. The van der Waals surface area contributed by atoms with Crippen molar-refractivity contribution in [3.05, 3.63) is 204 Å². The second-order valence-electron chi connectivity index (χ2n) is 15.8. The molecule has 2 heterocycles. The molecule has 3 aliphatic carbocycles. The van der Waals surface area contributed by atoms with E-state index in [0.29, 0.717) is 11.6 Å². The van der Waals surface area contributed by atoms with E-state index in [9.17, 15) is 0 Å². The van der Waals surface area contributed by atoms with Crippen molar-refractivity contribution in [2.45, 2.75) is 18.8 Å². The molecule has 0 saturated carbocycles. The molecule has 0 fully saturated rings. The molecule has 0 radical (unpaired) electrons. The van der Waals surface area contributed by atoms with Crippen molar-refractivity contribution in [1.29, 1.82) is 0 Å². The molecule has 0 spiro atoms. The standard InChI is InChI=1S/C55H37N3O/c1-2-12-34(13-3-1)37-23-24-39-31-41(26-25-38(39)30-37)44-28-29-50-51(47-20-10-11-21-49(47)59-50)52(44)55-57-53(42-27-22-35-14-4-5-15-36(35)32-42)56-54(58-55)48-33-40-16-6-7-17-43(40)45-18-8-9-19-46(45)48/h2,4-33,46,48H,1,3H2/t46?,48-/m0/s1. The highest BCUT2D eigenvalue weighted by molar-refractivity contribution is 6.15. The van der Waals surface area contributed by atoms with Gasteiger partial charge in [-0.25, -0.2) is 15.0 Å². The number of aromatic nitrogens is 3. The number of nitrogens with zero attached hydrogens (tertiary/aromatic N) is 3. The predicted octanol–water partition coefficient (Wildman–Crippen LogP) is 12.3. The fourth-order valence-electron chi connectivity index (χ4n) is 9.40. The van der Waals surface area contributed by atoms with E-state index in [-0.39, 0.29) is 11.8 Å². The Hall–Kier alpha value is -7.43. The summed E-state index contributed by atoms with van der Waals surface area (Å²) in [7, 11) is 0. The van der Waals surface area contributed by atoms with E-state index in [0.717, 1.165) is 68.2 Å². The van der Waals surface area contributed by atoms with Gasteiger partial charge in [-0.05, 0) is 109 Å². The zero-order chi connectivity index (χ0) is 38.9. The summed E-state index contributed by atoms with van der Waals surface area (Å²) in [6.07, 6.45) is 20.2. The topological polar surface area (TPSA) is 51.8 Å². The molecule has 3 aliphatic rings. The smallest absolute Gasteiger partial charge is 0.165 e. The molecule has 59 heavy (non-hydrogen) atoms. The first kappa shape index (κ1) is 33.7. The zero-order valence-corrected chi connectivity index (χ0v) is 32.2. The molecule has 0 bridgehead atoms. The lowest BCUT2D eigenvalue weighted by molar-refractivity contribution is 0.669. The molecule has 0 aliphatic heterocycles. The van der Waals surface area contributed by atoms with Gasteiger partial charge in [0.2, 0.25) is 0 Å². The lowest BCUT2D eigenvalue weighted by Crippen LogP contribution is -2.35. The van der Waals surface area contributed by atoms with Crippen molar-refractivity contribution in [2.75, 3.05) is 0 Å². The number of hydrogen-bond donors (Lipinski definition) is 0. The Kier molecular flexibility index (Phi) is 7.77. The van der Waals surface area contributed by atoms with Gasteiger partial charge < -0.3 is 4.42 Å². The number of para-hydroxylation sites is 1. The lowest BCUT2D eigenvalue weighted by atomic mass is 9.78. The maximum Gasteiger partial charge on any atom is 0.165 e. The minimum Gasteiger partial charge on any atom is -0.456 e. The van der Waals surface area contributed by atoms with Crippen LogP contribution in [0.15, 0.2) is 186 Å². The predicted molar refractivity (Wildman–Crippen MR) is 243 cm³/mol. The fraction of sp³-hybridized carbons (Fsp3) is 0.0727. The Bertz CT molecular complexity index is 3470. The maximum absolute atomic E-state index is 6.56. The molecule has 2 aromatic heterocycles. The lowest BCUT2D eigenvalue weighted by Gasteiger charge is -2.27. The number of allylic oxidation sites excluding steroid dienone is 8. The van der Waals surface area contributed by atoms with Crippen LogP contribution in [0.4, 0.5) is 0 Å². The second-order valence-corrected chi connectivity index (χ2v) is 15.8. The van der Waals surface area contributed by atoms with Gasteiger partial charge in [0.05, 0.1) is 0 Å². The molecular formula is C55H37N3O. The number of furan rings is 1. The van der Waals surface area contributed by atoms with E-state index in [1.807, 2.05) is 12.1 Å². The normalized spacial score (nSPS) is 17.0. The first-order valence-electron chi connectivity index (χ1n) is 20.5. The van der Waals surface area contributed by atoms with Crippen molar-refractivity contribution in [3.8, 4) is 33.9 Å². The van der Waals surface area contributed by atoms with E-state index in [1.54, 1.807) is 0 Å². The van der Waals surface area contributed by atoms with Crippen LogP contribution in [-0.4, -0.2) is 15.0 Å². The average molecular weight is 756 g/mol. The summed E-state index contributed by atoms with van der Waals surface area (Å²) in [6.45, 7) is 0. The van der Waals surface area contributed by atoms with E-state index >= 15 is 0 Å². The van der Waals surface area contributed by atoms with Gasteiger partial charge in [-0.2, -0.15) is 0 Å². The largest absolute Gasteiger partial charge is 0.456 e. The zero-order valence-electron chi connectivity index (χ0n) is 32.2. The van der Waals surface area contributed by atoms with E-state index in [1.165, 1.54) is 43.3 Å². The third kappa shape index (κ3) is 5.71. The van der Waals surface area contributed by atoms with Gasteiger partial charge in [-0.1, -0.05) is 152 Å². The first-order chi connectivity index (χ1) is 29.2. The van der Waals surface area contributed by atoms with Crippen molar-refractivity contribution in [1.82, 2.24) is 15.0 Å². The molecule has 278 valence electrons. The van der Waals surface area contributed by atoms with Gasteiger partial charge in [0.25, 0.3) is 0 Å². The van der Waals surface area contributed by atoms with Gasteiger partial charge in [-0.15, -0.1) is 0 Å². The summed E-state index contributed by atoms with van der Waals surface area (Å²) in [6, 6.07) is 49.7. The molecule has 0 saturated heterocycles. The van der Waals surface area contributed by atoms with Crippen LogP contribution in [0.2, 0.25) is 0 Å². The number of benzene rings is 7. The Morgan fingerprint density at radius 2 is 1.29 bits per heavy atom. The monoisotopic (exact) mass is 755 g/mol. The summed E-state index contributed by atoms with van der Waals surface area (Å²) in [5, 5.41) is 9.17. The molecule has 2 atom stereocenters. The van der Waals surface area contributed by atoms with Crippen LogP contribution in [0.5, 0.6) is 0 Å². The van der Waals surface area contributed by atoms with Crippen LogP contribution in [0.3, 0.4) is 0 Å². The first-order valence-corrected chi connectivity index (χ1v) is 20.5. The molecule has 9 aromatic rings. The summed E-state index contributed by atoms with van der Waals surface area (Å²) < 4.78 is 6.56. The van der Waals surface area contributed by atoms with Crippen molar-refractivity contribution in [2.24, 2.45) is 5.92 Å². The summed E-state index contributed by atoms with van der Waals surface area (Å²) in [5.74, 6) is 1.97. The van der Waals surface area contributed by atoms with Gasteiger partial charge in [-0.3, -0.25) is 0 Å². The van der Waals surface area contributed by atoms with Crippen LogP contribution in [0, 0.1) is 5.92 Å². The number of rotatable bonds is 5. The highest BCUT2D eigenvalue weighted by Crippen LogP contribution is 2.44. The fourth-order valence-corrected chi connectivity index (χ4v) is 9.40. The van der Waals surface area contributed by atoms with Gasteiger partial charge >= 0.3 is 0 Å². The maximum atomic E-state index is 6.56. The van der Waals surface area contributed by atoms with Crippen molar-refractivity contribution < 1.29 is 4.42 Å². The van der Waals surface area contributed by atoms with Crippen LogP contribution >= 0.6 is 0 Å². The van der Waals surface area contributed by atoms with Gasteiger partial charge in [0, 0.05) is 33.7 Å². The molecule has 0 amide bonds. The van der Waals surface area contributed by atoms with Crippen LogP contribution in [0.1, 0.15) is 30.1 Å². The third-order valence-corrected chi connectivity index (χ3v) is 12.3. The van der Waals surface area contributed by atoms with Crippen LogP contribution < -0.4 is 10.4 Å². The Balaban J connectivity index is 1.12. The van der Waals surface area contributed by atoms with Crippen LogP contribution in [0.25, 0.3) is 94.6 Å². The van der Waals surface area contributed by atoms with Crippen molar-refractivity contribution >= 4 is 60.7 Å². The minimum absolute atomic E-state index is 0.0739. The highest BCUT2D eigenvalue weighted by atomic mass is 16.3. The quantitative estimate of drug-likeness (QED) is 0.176. The van der Waals surface area contributed by atoms with E-state index in [4.69, 9.17) is 19.4 Å². The molecule has 1 unspecified atom stereocenters. The molecular weight excluding hydrogens is 719 g/mol. The minimum atomic E-state index is -0.116. The molecule has 12 rings (SSSR count). The molecule has 7 aromatic carbocycles. The SMILES string of the molecule is C1=CC2=c3ccccc3=C[C@H](c3nc(-c4ccc5ccccc5c4)nc(-c4c(-c5ccc6cc(C7=CCCC=C7)ccc6c5)ccc5oc6ccccc6c45)n3)C2C=C1. The van der Waals surface area contributed by atoms with Crippen molar-refractivity contribution in [3.63, 3.8) is 0 Å². The van der Waals surface area contributed by atoms with Gasteiger partial charge in [0.15, 0.2) is 11.6 Å². The summed E-state index contributed by atoms with van der Waals surface area (Å²) in [4.78, 5) is 16.4. The number of hydrogen-bond acceptors (Lipinski definition) is 4. The summed E-state index contributed by atoms with van der Waals surface area (Å²) in [5.41, 5.74) is 9.46. The Labute approximate surface area is 341 Å². The molecule has 4 heteroatoms. The third-order valence-electron chi connectivity index (χ3n) is 12.3. The Morgan fingerprint density at radius 1 is 0.542 bits per heavy atom. The van der Waals surface area contributed by atoms with E-state index < -0.39 is 0 Å². The molecule has 0 N–H and O–H groups in total. The van der Waals surface area contributed by atoms with Crippen LogP contribution in [-0.2, 0) is 0 Å². The number of fused-ring (bicyclic) bond motifs is 7. The van der Waals surface area contributed by atoms with Gasteiger partial charge in [0.1, 0.15) is 17.0 Å². The Morgan fingerprint density at radius 3 is 2.20 bits per heavy atom. The average Bonchev–Trinajstić information content (AvgIpc) is 3.69.